The quantitative estimate of drug-likeness (QED) is 0.881. The molecule has 2 aromatic rings. The number of benzene rings is 1. The Balaban J connectivity index is 1.88. The molecule has 3 rings (SSSR count). The lowest BCUT2D eigenvalue weighted by atomic mass is 10.1. The number of pyridine rings is 1. The standard InChI is InChI=1S/C19H19N3O2/c1-3-9-21-18(23)15-8-10-20-16(12-15)19(24)22-13(2)11-14-6-4-5-7-17(14)22/h3-8,10,12-13H,1,9,11H2,2H3,(H,21,23). The van der Waals surface area contributed by atoms with E-state index in [4.69, 9.17) is 0 Å². The normalized spacial score (nSPS) is 15.7. The fraction of sp³-hybridized carbons (Fsp3) is 0.211. The number of aromatic nitrogens is 1. The van der Waals surface area contributed by atoms with Crippen molar-refractivity contribution in [1.29, 1.82) is 0 Å². The topological polar surface area (TPSA) is 62.3 Å². The summed E-state index contributed by atoms with van der Waals surface area (Å²) >= 11 is 0. The van der Waals surface area contributed by atoms with Gasteiger partial charge in [0.15, 0.2) is 0 Å². The Labute approximate surface area is 141 Å². The number of rotatable bonds is 4. The molecule has 2 heterocycles. The third-order valence-corrected chi connectivity index (χ3v) is 4.07. The summed E-state index contributed by atoms with van der Waals surface area (Å²) in [5.41, 5.74) is 2.75. The van der Waals surface area contributed by atoms with E-state index < -0.39 is 0 Å². The summed E-state index contributed by atoms with van der Waals surface area (Å²) in [4.78, 5) is 30.9. The van der Waals surface area contributed by atoms with Gasteiger partial charge in [-0.25, -0.2) is 0 Å². The highest BCUT2D eigenvalue weighted by Crippen LogP contribution is 2.32. The van der Waals surface area contributed by atoms with Crippen molar-refractivity contribution in [3.05, 3.63) is 72.1 Å². The Morgan fingerprint density at radius 3 is 2.96 bits per heavy atom. The van der Waals surface area contributed by atoms with Crippen LogP contribution in [-0.4, -0.2) is 29.4 Å². The Bertz CT molecular complexity index is 801. The maximum atomic E-state index is 12.9. The molecule has 0 bridgehead atoms. The van der Waals surface area contributed by atoms with E-state index in [1.54, 1.807) is 17.0 Å². The van der Waals surface area contributed by atoms with Crippen LogP contribution >= 0.6 is 0 Å². The average molecular weight is 321 g/mol. The number of nitrogens with zero attached hydrogens (tertiary/aromatic N) is 2. The maximum Gasteiger partial charge on any atom is 0.277 e. The van der Waals surface area contributed by atoms with E-state index in [9.17, 15) is 9.59 Å². The van der Waals surface area contributed by atoms with Crippen LogP contribution in [0.5, 0.6) is 0 Å². The Hall–Kier alpha value is -2.95. The summed E-state index contributed by atoms with van der Waals surface area (Å²) in [6, 6.07) is 11.1. The van der Waals surface area contributed by atoms with Gasteiger partial charge in [-0.3, -0.25) is 14.6 Å². The van der Waals surface area contributed by atoms with Crippen molar-refractivity contribution in [3.63, 3.8) is 0 Å². The summed E-state index contributed by atoms with van der Waals surface area (Å²) in [5.74, 6) is -0.438. The first-order chi connectivity index (χ1) is 11.6. The van der Waals surface area contributed by atoms with Gasteiger partial charge in [0.1, 0.15) is 5.69 Å². The first-order valence-corrected chi connectivity index (χ1v) is 7.88. The number of para-hydroxylation sites is 1. The first-order valence-electron chi connectivity index (χ1n) is 7.88. The van der Waals surface area contributed by atoms with Crippen LogP contribution in [0.15, 0.2) is 55.3 Å². The van der Waals surface area contributed by atoms with Crippen molar-refractivity contribution in [3.8, 4) is 0 Å². The Morgan fingerprint density at radius 2 is 2.17 bits per heavy atom. The molecule has 0 fully saturated rings. The van der Waals surface area contributed by atoms with Crippen LogP contribution in [0.1, 0.15) is 33.3 Å². The Morgan fingerprint density at radius 1 is 1.38 bits per heavy atom. The molecule has 1 unspecified atom stereocenters. The lowest BCUT2D eigenvalue weighted by Crippen LogP contribution is -2.36. The number of hydrogen-bond donors (Lipinski definition) is 1. The second-order valence-corrected chi connectivity index (χ2v) is 5.79. The number of amides is 2. The SMILES string of the molecule is C=CCNC(=O)c1ccnc(C(=O)N2c3ccccc3CC2C)c1. The third kappa shape index (κ3) is 2.93. The molecule has 1 aliphatic rings. The molecule has 1 aliphatic heterocycles. The third-order valence-electron chi connectivity index (χ3n) is 4.07. The largest absolute Gasteiger partial charge is 0.349 e. The van der Waals surface area contributed by atoms with E-state index in [0.717, 1.165) is 17.7 Å². The molecule has 2 amide bonds. The number of fused-ring (bicyclic) bond motifs is 1. The molecular weight excluding hydrogens is 302 g/mol. The van der Waals surface area contributed by atoms with Crippen molar-refractivity contribution < 1.29 is 9.59 Å². The first kappa shape index (κ1) is 15.9. The van der Waals surface area contributed by atoms with E-state index in [1.165, 1.54) is 12.3 Å². The molecular formula is C19H19N3O2. The van der Waals surface area contributed by atoms with E-state index in [1.807, 2.05) is 31.2 Å². The van der Waals surface area contributed by atoms with Crippen LogP contribution < -0.4 is 10.2 Å². The van der Waals surface area contributed by atoms with Crippen molar-refractivity contribution in [2.45, 2.75) is 19.4 Å². The molecule has 0 saturated heterocycles. The second kappa shape index (κ2) is 6.66. The van der Waals surface area contributed by atoms with Gasteiger partial charge in [0, 0.05) is 30.0 Å². The molecule has 1 aromatic heterocycles. The van der Waals surface area contributed by atoms with Gasteiger partial charge >= 0.3 is 0 Å². The lowest BCUT2D eigenvalue weighted by molar-refractivity contribution is 0.0958. The molecule has 0 radical (unpaired) electrons. The second-order valence-electron chi connectivity index (χ2n) is 5.79. The lowest BCUT2D eigenvalue weighted by Gasteiger charge is -2.22. The van der Waals surface area contributed by atoms with Crippen molar-refractivity contribution in [2.24, 2.45) is 0 Å². The highest BCUT2D eigenvalue weighted by atomic mass is 16.2. The molecule has 1 atom stereocenters. The molecule has 1 aromatic carbocycles. The number of carbonyl (C=O) groups is 2. The van der Waals surface area contributed by atoms with E-state index in [0.29, 0.717) is 12.1 Å². The minimum Gasteiger partial charge on any atom is -0.349 e. The molecule has 122 valence electrons. The summed E-state index contributed by atoms with van der Waals surface area (Å²) in [6.07, 6.45) is 3.91. The summed E-state index contributed by atoms with van der Waals surface area (Å²) < 4.78 is 0. The van der Waals surface area contributed by atoms with Crippen LogP contribution in [0.2, 0.25) is 0 Å². The molecule has 1 N–H and O–H groups in total. The summed E-state index contributed by atoms with van der Waals surface area (Å²) in [7, 11) is 0. The summed E-state index contributed by atoms with van der Waals surface area (Å²) in [6.45, 7) is 5.95. The maximum absolute atomic E-state index is 12.9. The highest BCUT2D eigenvalue weighted by Gasteiger charge is 2.32. The molecule has 5 heteroatoms. The van der Waals surface area contributed by atoms with Crippen LogP contribution in [-0.2, 0) is 6.42 Å². The van der Waals surface area contributed by atoms with Gasteiger partial charge in [-0.1, -0.05) is 24.3 Å². The fourth-order valence-electron chi connectivity index (χ4n) is 2.95. The van der Waals surface area contributed by atoms with Crippen molar-refractivity contribution >= 4 is 17.5 Å². The minimum atomic E-state index is -0.249. The number of nitrogens with one attached hydrogen (secondary N) is 1. The fourth-order valence-corrected chi connectivity index (χ4v) is 2.95. The zero-order valence-electron chi connectivity index (χ0n) is 13.5. The van der Waals surface area contributed by atoms with Crippen molar-refractivity contribution in [2.75, 3.05) is 11.4 Å². The highest BCUT2D eigenvalue weighted by molar-refractivity contribution is 6.07. The van der Waals surface area contributed by atoms with E-state index in [-0.39, 0.29) is 23.6 Å². The molecule has 0 aliphatic carbocycles. The minimum absolute atomic E-state index is 0.0648. The van der Waals surface area contributed by atoms with Crippen LogP contribution in [0.25, 0.3) is 0 Å². The summed E-state index contributed by atoms with van der Waals surface area (Å²) in [5, 5.41) is 2.70. The predicted octanol–water partition coefficient (Wildman–Crippen LogP) is 2.59. The van der Waals surface area contributed by atoms with Crippen molar-refractivity contribution in [1.82, 2.24) is 10.3 Å². The molecule has 5 nitrogen and oxygen atoms in total. The van der Waals surface area contributed by atoms with Crippen LogP contribution in [0.3, 0.4) is 0 Å². The average Bonchev–Trinajstić information content (AvgIpc) is 2.94. The number of hydrogen-bond acceptors (Lipinski definition) is 3. The number of carbonyl (C=O) groups excluding carboxylic acids is 2. The monoisotopic (exact) mass is 321 g/mol. The van der Waals surface area contributed by atoms with Crippen LogP contribution in [0.4, 0.5) is 5.69 Å². The molecule has 0 saturated carbocycles. The zero-order chi connectivity index (χ0) is 17.1. The van der Waals surface area contributed by atoms with E-state index in [2.05, 4.69) is 16.9 Å². The van der Waals surface area contributed by atoms with Gasteiger partial charge in [0.25, 0.3) is 11.8 Å². The smallest absolute Gasteiger partial charge is 0.277 e. The van der Waals surface area contributed by atoms with Gasteiger partial charge in [-0.2, -0.15) is 0 Å². The van der Waals surface area contributed by atoms with Gasteiger partial charge in [-0.15, -0.1) is 6.58 Å². The Kier molecular flexibility index (Phi) is 4.42. The zero-order valence-corrected chi connectivity index (χ0v) is 13.5. The van der Waals surface area contributed by atoms with Gasteiger partial charge in [0.05, 0.1) is 0 Å². The predicted molar refractivity (Wildman–Crippen MR) is 93.2 cm³/mol. The van der Waals surface area contributed by atoms with Crippen LogP contribution in [0, 0.1) is 0 Å². The molecule has 24 heavy (non-hydrogen) atoms. The van der Waals surface area contributed by atoms with Gasteiger partial charge in [0.2, 0.25) is 0 Å². The van der Waals surface area contributed by atoms with Gasteiger partial charge in [-0.05, 0) is 37.1 Å². The number of anilines is 1. The van der Waals surface area contributed by atoms with E-state index >= 15 is 0 Å². The van der Waals surface area contributed by atoms with Gasteiger partial charge < -0.3 is 10.2 Å². The molecule has 0 spiro atoms.